The van der Waals surface area contributed by atoms with Crippen LogP contribution in [0.25, 0.3) is 0 Å². The molecule has 7 nitrogen and oxygen atoms in total. The number of ether oxygens (including phenoxy) is 2. The Morgan fingerprint density at radius 3 is 2.50 bits per heavy atom. The predicted molar refractivity (Wildman–Crippen MR) is 99.0 cm³/mol. The van der Waals surface area contributed by atoms with Crippen molar-refractivity contribution < 1.29 is 22.7 Å². The summed E-state index contributed by atoms with van der Waals surface area (Å²) >= 11 is 0. The van der Waals surface area contributed by atoms with Crippen LogP contribution in [-0.2, 0) is 14.8 Å². The summed E-state index contributed by atoms with van der Waals surface area (Å²) in [6.45, 7) is 3.14. The summed E-state index contributed by atoms with van der Waals surface area (Å²) in [5.41, 5.74) is 0.706. The van der Waals surface area contributed by atoms with Gasteiger partial charge in [0.1, 0.15) is 13.2 Å². The summed E-state index contributed by atoms with van der Waals surface area (Å²) in [5.74, 6) is 1.72. The van der Waals surface area contributed by atoms with Crippen molar-refractivity contribution in [2.24, 2.45) is 11.8 Å². The maximum atomic E-state index is 12.5. The summed E-state index contributed by atoms with van der Waals surface area (Å²) in [6.07, 6.45) is 3.25. The second kappa shape index (κ2) is 8.26. The number of benzene rings is 1. The average Bonchev–Trinajstić information content (AvgIpc) is 2.67. The summed E-state index contributed by atoms with van der Waals surface area (Å²) in [5, 5.41) is 2.96. The lowest BCUT2D eigenvalue weighted by Crippen LogP contribution is -2.34. The Morgan fingerprint density at radius 1 is 1.12 bits per heavy atom. The number of rotatable bonds is 6. The highest BCUT2D eigenvalue weighted by atomic mass is 32.2. The van der Waals surface area contributed by atoms with Crippen LogP contribution in [0.5, 0.6) is 11.5 Å². The molecule has 0 unspecified atom stereocenters. The van der Waals surface area contributed by atoms with E-state index in [0.29, 0.717) is 42.9 Å². The van der Waals surface area contributed by atoms with Crippen molar-refractivity contribution >= 4 is 21.6 Å². The third kappa shape index (κ3) is 4.88. The smallest absolute Gasteiger partial charge is 0.227 e. The van der Waals surface area contributed by atoms with E-state index in [1.54, 1.807) is 19.1 Å². The van der Waals surface area contributed by atoms with E-state index in [0.717, 1.165) is 25.7 Å². The lowest BCUT2D eigenvalue weighted by atomic mass is 9.81. The van der Waals surface area contributed by atoms with Gasteiger partial charge in [0.15, 0.2) is 11.5 Å². The SMILES string of the molecule is CCS(=O)(=O)NCC1CCC(C(=O)Nc2ccc3c(c2)OCCO3)CC1. The van der Waals surface area contributed by atoms with Gasteiger partial charge in [-0.15, -0.1) is 0 Å². The van der Waals surface area contributed by atoms with Crippen LogP contribution < -0.4 is 19.5 Å². The van der Waals surface area contributed by atoms with E-state index in [4.69, 9.17) is 9.47 Å². The second-order valence-corrected chi connectivity index (χ2v) is 8.91. The number of carbonyl (C=O) groups is 1. The first-order chi connectivity index (χ1) is 12.5. The molecule has 0 spiro atoms. The number of carbonyl (C=O) groups excluding carboxylic acids is 1. The zero-order valence-corrected chi connectivity index (χ0v) is 15.8. The Labute approximate surface area is 154 Å². The molecule has 0 bridgehead atoms. The molecule has 1 aromatic carbocycles. The van der Waals surface area contributed by atoms with Crippen molar-refractivity contribution in [1.82, 2.24) is 4.72 Å². The van der Waals surface area contributed by atoms with Gasteiger partial charge in [-0.1, -0.05) is 0 Å². The fourth-order valence-electron chi connectivity index (χ4n) is 3.34. The van der Waals surface area contributed by atoms with Gasteiger partial charge in [0, 0.05) is 24.2 Å². The van der Waals surface area contributed by atoms with Crippen molar-refractivity contribution in [1.29, 1.82) is 0 Å². The van der Waals surface area contributed by atoms with Gasteiger partial charge in [0.25, 0.3) is 0 Å². The zero-order valence-electron chi connectivity index (χ0n) is 15.0. The van der Waals surface area contributed by atoms with Gasteiger partial charge >= 0.3 is 0 Å². The van der Waals surface area contributed by atoms with E-state index in [1.165, 1.54) is 0 Å². The van der Waals surface area contributed by atoms with Gasteiger partial charge in [-0.05, 0) is 50.7 Å². The molecule has 26 heavy (non-hydrogen) atoms. The second-order valence-electron chi connectivity index (χ2n) is 6.82. The quantitative estimate of drug-likeness (QED) is 0.786. The molecule has 0 radical (unpaired) electrons. The van der Waals surface area contributed by atoms with E-state index in [-0.39, 0.29) is 17.6 Å². The number of anilines is 1. The maximum absolute atomic E-state index is 12.5. The molecule has 2 aliphatic rings. The molecule has 0 aromatic heterocycles. The molecule has 0 saturated heterocycles. The minimum Gasteiger partial charge on any atom is -0.486 e. The van der Waals surface area contributed by atoms with Crippen LogP contribution in [-0.4, -0.2) is 39.8 Å². The molecular weight excluding hydrogens is 356 g/mol. The summed E-state index contributed by atoms with van der Waals surface area (Å²) in [7, 11) is -3.15. The predicted octanol–water partition coefficient (Wildman–Crippen LogP) is 2.14. The molecule has 3 rings (SSSR count). The number of hydrogen-bond donors (Lipinski definition) is 2. The van der Waals surface area contributed by atoms with Crippen LogP contribution in [0.2, 0.25) is 0 Å². The highest BCUT2D eigenvalue weighted by Crippen LogP contribution is 2.34. The minimum absolute atomic E-state index is 0.00858. The lowest BCUT2D eigenvalue weighted by molar-refractivity contribution is -0.121. The van der Waals surface area contributed by atoms with E-state index in [1.807, 2.05) is 6.07 Å². The van der Waals surface area contributed by atoms with E-state index < -0.39 is 10.0 Å². The highest BCUT2D eigenvalue weighted by Gasteiger charge is 2.27. The molecule has 8 heteroatoms. The van der Waals surface area contributed by atoms with Gasteiger partial charge in [0.2, 0.25) is 15.9 Å². The first-order valence-electron chi connectivity index (χ1n) is 9.14. The molecule has 1 aliphatic carbocycles. The molecule has 1 heterocycles. The zero-order chi connectivity index (χ0) is 18.6. The lowest BCUT2D eigenvalue weighted by Gasteiger charge is -2.28. The fraction of sp³-hybridized carbons (Fsp3) is 0.611. The topological polar surface area (TPSA) is 93.7 Å². The number of nitrogens with one attached hydrogen (secondary N) is 2. The average molecular weight is 382 g/mol. The maximum Gasteiger partial charge on any atom is 0.227 e. The number of fused-ring (bicyclic) bond motifs is 1. The van der Waals surface area contributed by atoms with Gasteiger partial charge in [0.05, 0.1) is 5.75 Å². The standard InChI is InChI=1S/C18H26N2O5S/c1-2-26(22,23)19-12-13-3-5-14(6-4-13)18(21)20-15-7-8-16-17(11-15)25-10-9-24-16/h7-8,11,13-14,19H,2-6,9-10,12H2,1H3,(H,20,21). The van der Waals surface area contributed by atoms with Crippen LogP contribution >= 0.6 is 0 Å². The van der Waals surface area contributed by atoms with Crippen molar-refractivity contribution in [3.63, 3.8) is 0 Å². The van der Waals surface area contributed by atoms with Crippen LogP contribution in [0.15, 0.2) is 18.2 Å². The van der Waals surface area contributed by atoms with E-state index >= 15 is 0 Å². The first-order valence-corrected chi connectivity index (χ1v) is 10.8. The Bertz CT molecular complexity index is 742. The Kier molecular flexibility index (Phi) is 6.03. The molecule has 0 atom stereocenters. The minimum atomic E-state index is -3.15. The monoisotopic (exact) mass is 382 g/mol. The van der Waals surface area contributed by atoms with Crippen LogP contribution in [0.4, 0.5) is 5.69 Å². The number of hydrogen-bond acceptors (Lipinski definition) is 5. The summed E-state index contributed by atoms with van der Waals surface area (Å²) in [4.78, 5) is 12.5. The van der Waals surface area contributed by atoms with Crippen molar-refractivity contribution in [3.8, 4) is 11.5 Å². The third-order valence-electron chi connectivity index (χ3n) is 5.00. The van der Waals surface area contributed by atoms with Crippen LogP contribution in [0.3, 0.4) is 0 Å². The highest BCUT2D eigenvalue weighted by molar-refractivity contribution is 7.89. The van der Waals surface area contributed by atoms with Crippen LogP contribution in [0.1, 0.15) is 32.6 Å². The van der Waals surface area contributed by atoms with E-state index in [2.05, 4.69) is 10.0 Å². The van der Waals surface area contributed by atoms with E-state index in [9.17, 15) is 13.2 Å². The molecular formula is C18H26N2O5S. The Morgan fingerprint density at radius 2 is 1.81 bits per heavy atom. The van der Waals surface area contributed by atoms with Crippen molar-refractivity contribution in [3.05, 3.63) is 18.2 Å². The normalized spacial score (nSPS) is 22.7. The molecule has 144 valence electrons. The largest absolute Gasteiger partial charge is 0.486 e. The van der Waals surface area contributed by atoms with Gasteiger partial charge < -0.3 is 14.8 Å². The number of sulfonamides is 1. The Hall–Kier alpha value is -1.80. The molecule has 1 aromatic rings. The van der Waals surface area contributed by atoms with Gasteiger partial charge in [-0.25, -0.2) is 13.1 Å². The van der Waals surface area contributed by atoms with Crippen molar-refractivity contribution in [2.45, 2.75) is 32.6 Å². The molecule has 1 saturated carbocycles. The summed E-state index contributed by atoms with van der Waals surface area (Å²) < 4.78 is 36.7. The van der Waals surface area contributed by atoms with Gasteiger partial charge in [-0.2, -0.15) is 0 Å². The Balaban J connectivity index is 1.48. The van der Waals surface area contributed by atoms with Gasteiger partial charge in [-0.3, -0.25) is 4.79 Å². The molecule has 1 amide bonds. The van der Waals surface area contributed by atoms with Crippen LogP contribution in [0, 0.1) is 11.8 Å². The number of amides is 1. The molecule has 2 N–H and O–H groups in total. The fourth-order valence-corrected chi connectivity index (χ4v) is 4.03. The molecule has 1 aliphatic heterocycles. The third-order valence-corrected chi connectivity index (χ3v) is 6.37. The first kappa shape index (κ1) is 19.0. The molecule has 1 fully saturated rings. The van der Waals surface area contributed by atoms with Crippen molar-refractivity contribution in [2.75, 3.05) is 30.8 Å². The summed E-state index contributed by atoms with van der Waals surface area (Å²) in [6, 6.07) is 5.41.